The molecule has 186 valence electrons. The van der Waals surface area contributed by atoms with Gasteiger partial charge in [-0.05, 0) is 81.1 Å². The number of hydrogen-bond acceptors (Lipinski definition) is 3. The first kappa shape index (κ1) is 25.0. The lowest BCUT2D eigenvalue weighted by atomic mass is 9.99. The van der Waals surface area contributed by atoms with Crippen molar-refractivity contribution in [1.82, 2.24) is 9.80 Å². The molecule has 1 amide bonds. The van der Waals surface area contributed by atoms with E-state index in [0.29, 0.717) is 41.7 Å². The number of aryl methyl sites for hydroxylation is 1. The second kappa shape index (κ2) is 9.53. The summed E-state index contributed by atoms with van der Waals surface area (Å²) in [6.07, 6.45) is -4.45. The maximum absolute atomic E-state index is 13.2. The van der Waals surface area contributed by atoms with E-state index in [1.807, 2.05) is 0 Å². The molecule has 1 aromatic carbocycles. The minimum Gasteiger partial charge on any atom is -0.338 e. The van der Waals surface area contributed by atoms with Crippen molar-refractivity contribution in [3.8, 4) is 10.4 Å². The van der Waals surface area contributed by atoms with Crippen LogP contribution in [0.3, 0.4) is 0 Å². The highest BCUT2D eigenvalue weighted by atomic mass is 32.1. The SMILES string of the molecule is Cc1cc(-c2cc(C(F)(F)F)cc(C(F)(F)F)c2)sc1C(=O)N1CCC(N2CCCCC2)CC1. The second-order valence-electron chi connectivity index (χ2n) is 9.04. The second-order valence-corrected chi connectivity index (χ2v) is 10.1. The van der Waals surface area contributed by atoms with Gasteiger partial charge in [0.15, 0.2) is 0 Å². The van der Waals surface area contributed by atoms with Gasteiger partial charge in [0.2, 0.25) is 0 Å². The van der Waals surface area contributed by atoms with E-state index in [0.717, 1.165) is 37.3 Å². The number of halogens is 6. The summed E-state index contributed by atoms with van der Waals surface area (Å²) >= 11 is 0.946. The molecule has 0 saturated carbocycles. The van der Waals surface area contributed by atoms with Gasteiger partial charge in [-0.1, -0.05) is 6.42 Å². The molecule has 34 heavy (non-hydrogen) atoms. The highest BCUT2D eigenvalue weighted by molar-refractivity contribution is 7.17. The molecule has 2 aliphatic heterocycles. The van der Waals surface area contributed by atoms with Gasteiger partial charge in [-0.3, -0.25) is 4.79 Å². The van der Waals surface area contributed by atoms with Gasteiger partial charge in [-0.25, -0.2) is 0 Å². The zero-order valence-electron chi connectivity index (χ0n) is 18.7. The Balaban J connectivity index is 1.54. The lowest BCUT2D eigenvalue weighted by Crippen LogP contribution is -2.48. The maximum Gasteiger partial charge on any atom is 0.416 e. The summed E-state index contributed by atoms with van der Waals surface area (Å²) < 4.78 is 79.5. The Morgan fingerprint density at radius 2 is 1.41 bits per heavy atom. The van der Waals surface area contributed by atoms with Crippen LogP contribution in [0.2, 0.25) is 0 Å². The largest absolute Gasteiger partial charge is 0.416 e. The Morgan fingerprint density at radius 3 is 1.94 bits per heavy atom. The van der Waals surface area contributed by atoms with Crippen LogP contribution in [0.1, 0.15) is 58.5 Å². The highest BCUT2D eigenvalue weighted by Crippen LogP contribution is 2.41. The molecular weight excluding hydrogens is 478 g/mol. The zero-order chi connectivity index (χ0) is 24.7. The van der Waals surface area contributed by atoms with E-state index in [-0.39, 0.29) is 22.4 Å². The van der Waals surface area contributed by atoms with Crippen LogP contribution in [0.15, 0.2) is 24.3 Å². The van der Waals surface area contributed by atoms with Crippen LogP contribution in [0.4, 0.5) is 26.3 Å². The van der Waals surface area contributed by atoms with E-state index >= 15 is 0 Å². The van der Waals surface area contributed by atoms with Crippen LogP contribution in [0.25, 0.3) is 10.4 Å². The van der Waals surface area contributed by atoms with Crippen molar-refractivity contribution in [2.24, 2.45) is 0 Å². The maximum atomic E-state index is 13.2. The molecule has 3 heterocycles. The van der Waals surface area contributed by atoms with E-state index < -0.39 is 23.5 Å². The summed E-state index contributed by atoms with van der Waals surface area (Å²) in [4.78, 5) is 18.0. The molecule has 0 unspecified atom stereocenters. The smallest absolute Gasteiger partial charge is 0.338 e. The monoisotopic (exact) mass is 504 g/mol. The van der Waals surface area contributed by atoms with Crippen molar-refractivity contribution in [2.45, 2.75) is 57.4 Å². The topological polar surface area (TPSA) is 23.6 Å². The van der Waals surface area contributed by atoms with Crippen LogP contribution in [-0.4, -0.2) is 47.9 Å². The van der Waals surface area contributed by atoms with Crippen LogP contribution in [-0.2, 0) is 12.4 Å². The summed E-state index contributed by atoms with van der Waals surface area (Å²) in [5, 5.41) is 0. The Kier molecular flexibility index (Phi) is 7.01. The van der Waals surface area contributed by atoms with Gasteiger partial charge in [0.25, 0.3) is 5.91 Å². The minimum absolute atomic E-state index is 0.114. The molecule has 0 bridgehead atoms. The number of thiophene rings is 1. The van der Waals surface area contributed by atoms with Gasteiger partial charge in [-0.15, -0.1) is 11.3 Å². The molecule has 1 aromatic heterocycles. The van der Waals surface area contributed by atoms with Crippen molar-refractivity contribution < 1.29 is 31.1 Å². The number of benzene rings is 1. The first-order chi connectivity index (χ1) is 15.9. The number of likely N-dealkylation sites (tertiary alicyclic amines) is 2. The molecule has 4 rings (SSSR count). The van der Waals surface area contributed by atoms with E-state index in [4.69, 9.17) is 0 Å². The van der Waals surface area contributed by atoms with Gasteiger partial charge in [0, 0.05) is 24.0 Å². The van der Waals surface area contributed by atoms with Crippen LogP contribution < -0.4 is 0 Å². The number of rotatable bonds is 3. The number of alkyl halides is 6. The average molecular weight is 505 g/mol. The van der Waals surface area contributed by atoms with Crippen molar-refractivity contribution >= 4 is 17.2 Å². The number of nitrogens with zero attached hydrogens (tertiary/aromatic N) is 2. The predicted molar refractivity (Wildman–Crippen MR) is 119 cm³/mol. The molecule has 2 fully saturated rings. The first-order valence-corrected chi connectivity index (χ1v) is 12.2. The van der Waals surface area contributed by atoms with Crippen molar-refractivity contribution in [1.29, 1.82) is 0 Å². The Hall–Kier alpha value is -2.07. The first-order valence-electron chi connectivity index (χ1n) is 11.4. The molecule has 0 radical (unpaired) electrons. The Morgan fingerprint density at radius 1 is 0.853 bits per heavy atom. The van der Waals surface area contributed by atoms with Crippen LogP contribution in [0.5, 0.6) is 0 Å². The lowest BCUT2D eigenvalue weighted by molar-refractivity contribution is -0.143. The number of hydrogen-bond donors (Lipinski definition) is 0. The standard InChI is InChI=1S/C24H26F6N2OS/c1-15-11-20(16-12-17(23(25,26)27)14-18(13-16)24(28,29)30)34-21(15)22(33)32-9-5-19(6-10-32)31-7-3-2-4-8-31/h11-14,19H,2-10H2,1H3. The lowest BCUT2D eigenvalue weighted by Gasteiger charge is -2.40. The van der Waals surface area contributed by atoms with Gasteiger partial charge >= 0.3 is 12.4 Å². The fourth-order valence-corrected chi connectivity index (χ4v) is 5.92. The number of carbonyl (C=O) groups is 1. The van der Waals surface area contributed by atoms with Crippen molar-refractivity contribution in [3.05, 3.63) is 45.8 Å². The number of amides is 1. The van der Waals surface area contributed by atoms with Crippen LogP contribution >= 0.6 is 11.3 Å². The average Bonchev–Trinajstić information content (AvgIpc) is 3.19. The molecule has 0 spiro atoms. The fraction of sp³-hybridized carbons (Fsp3) is 0.542. The fourth-order valence-electron chi connectivity index (χ4n) is 4.80. The van der Waals surface area contributed by atoms with E-state index in [1.165, 1.54) is 25.3 Å². The van der Waals surface area contributed by atoms with Gasteiger partial charge in [0.05, 0.1) is 16.0 Å². The molecule has 2 aromatic rings. The third kappa shape index (κ3) is 5.43. The Labute approximate surface area is 198 Å². The van der Waals surface area contributed by atoms with Gasteiger partial charge in [-0.2, -0.15) is 26.3 Å². The van der Waals surface area contributed by atoms with E-state index in [2.05, 4.69) is 4.90 Å². The molecule has 0 N–H and O–H groups in total. The van der Waals surface area contributed by atoms with Gasteiger partial charge in [0.1, 0.15) is 0 Å². The zero-order valence-corrected chi connectivity index (χ0v) is 19.5. The molecule has 0 atom stereocenters. The van der Waals surface area contributed by atoms with Crippen molar-refractivity contribution in [2.75, 3.05) is 26.2 Å². The molecule has 0 aliphatic carbocycles. The molecule has 2 aliphatic rings. The summed E-state index contributed by atoms with van der Waals surface area (Å²) in [7, 11) is 0. The molecule has 10 heteroatoms. The normalized spacial score (nSPS) is 19.0. The highest BCUT2D eigenvalue weighted by Gasteiger charge is 2.37. The number of carbonyl (C=O) groups excluding carboxylic acids is 1. The summed E-state index contributed by atoms with van der Waals surface area (Å²) in [5.41, 5.74) is -2.38. The van der Waals surface area contributed by atoms with E-state index in [1.54, 1.807) is 11.8 Å². The third-order valence-corrected chi connectivity index (χ3v) is 7.92. The number of piperidine rings is 2. The predicted octanol–water partition coefficient (Wildman–Crippen LogP) is 6.85. The van der Waals surface area contributed by atoms with E-state index in [9.17, 15) is 31.1 Å². The Bertz CT molecular complexity index is 999. The van der Waals surface area contributed by atoms with Gasteiger partial charge < -0.3 is 9.80 Å². The minimum atomic E-state index is -4.92. The summed E-state index contributed by atoms with van der Waals surface area (Å²) in [6.45, 7) is 5.01. The quantitative estimate of drug-likeness (QED) is 0.427. The van der Waals surface area contributed by atoms with Crippen LogP contribution in [0, 0.1) is 6.92 Å². The van der Waals surface area contributed by atoms with Crippen molar-refractivity contribution in [3.63, 3.8) is 0 Å². The molecule has 3 nitrogen and oxygen atoms in total. The third-order valence-electron chi connectivity index (χ3n) is 6.64. The molecule has 2 saturated heterocycles. The molecular formula is C24H26F6N2OS. The summed E-state index contributed by atoms with van der Waals surface area (Å²) in [6, 6.07) is 3.48. The summed E-state index contributed by atoms with van der Waals surface area (Å²) in [5.74, 6) is -0.214.